The number of anilines is 2. The Bertz CT molecular complexity index is 521. The molecular weight excluding hydrogens is 274 g/mol. The molecule has 2 N–H and O–H groups in total. The highest BCUT2D eigenvalue weighted by Gasteiger charge is 2.29. The molecule has 1 aromatic rings. The molecule has 116 valence electrons. The van der Waals surface area contributed by atoms with Crippen LogP contribution in [0.4, 0.5) is 17.5 Å². The molecule has 1 aromatic heterocycles. The Balaban J connectivity index is 2.31. The predicted molar refractivity (Wildman–Crippen MR) is 79.5 cm³/mol. The van der Waals surface area contributed by atoms with Crippen LogP contribution in [-0.4, -0.2) is 45.2 Å². The van der Waals surface area contributed by atoms with Gasteiger partial charge in [0.1, 0.15) is 6.20 Å². The molecule has 0 aliphatic carbocycles. The van der Waals surface area contributed by atoms with E-state index in [9.17, 15) is 15.2 Å². The number of nitrogens with one attached hydrogen (secondary N) is 1. The van der Waals surface area contributed by atoms with Crippen LogP contribution in [0.3, 0.4) is 0 Å². The van der Waals surface area contributed by atoms with E-state index in [1.165, 1.54) is 6.20 Å². The summed E-state index contributed by atoms with van der Waals surface area (Å²) in [6.07, 6.45) is 3.25. The van der Waals surface area contributed by atoms with Gasteiger partial charge in [0.05, 0.1) is 10.5 Å². The molecule has 0 spiro atoms. The number of nitrogens with zero attached hydrogens (tertiary/aromatic N) is 4. The van der Waals surface area contributed by atoms with Gasteiger partial charge < -0.3 is 15.3 Å². The Morgan fingerprint density at radius 3 is 2.95 bits per heavy atom. The second-order valence-electron chi connectivity index (χ2n) is 5.53. The van der Waals surface area contributed by atoms with Crippen molar-refractivity contribution < 1.29 is 10.0 Å². The molecule has 0 bridgehead atoms. The van der Waals surface area contributed by atoms with Crippen molar-refractivity contribution in [1.29, 1.82) is 0 Å². The molecule has 1 unspecified atom stereocenters. The first-order chi connectivity index (χ1) is 9.93. The highest BCUT2D eigenvalue weighted by Crippen LogP contribution is 2.30. The van der Waals surface area contributed by atoms with Crippen LogP contribution in [0.15, 0.2) is 6.20 Å². The molecule has 8 heteroatoms. The van der Waals surface area contributed by atoms with E-state index in [0.29, 0.717) is 44.2 Å². The van der Waals surface area contributed by atoms with Crippen LogP contribution >= 0.6 is 0 Å². The Morgan fingerprint density at radius 2 is 2.29 bits per heavy atom. The van der Waals surface area contributed by atoms with Crippen molar-refractivity contribution in [3.63, 3.8) is 0 Å². The Labute approximate surface area is 123 Å². The van der Waals surface area contributed by atoms with Crippen molar-refractivity contribution in [3.05, 3.63) is 16.3 Å². The SMILES string of the molecule is CCNc1ncc([N+](=O)[O-])c(N2CCCC(C)(O)CC2)n1. The van der Waals surface area contributed by atoms with E-state index in [4.69, 9.17) is 0 Å². The Hall–Kier alpha value is -1.96. The quantitative estimate of drug-likeness (QED) is 0.641. The third kappa shape index (κ3) is 3.78. The fourth-order valence-corrected chi connectivity index (χ4v) is 2.45. The summed E-state index contributed by atoms with van der Waals surface area (Å²) in [5.74, 6) is 0.706. The van der Waals surface area contributed by atoms with Gasteiger partial charge in [0.2, 0.25) is 11.8 Å². The first-order valence-corrected chi connectivity index (χ1v) is 7.15. The predicted octanol–water partition coefficient (Wildman–Crippen LogP) is 1.56. The van der Waals surface area contributed by atoms with Crippen LogP contribution in [0.2, 0.25) is 0 Å². The lowest BCUT2D eigenvalue weighted by Gasteiger charge is -2.23. The van der Waals surface area contributed by atoms with Gasteiger partial charge in [-0.3, -0.25) is 10.1 Å². The minimum Gasteiger partial charge on any atom is -0.390 e. The van der Waals surface area contributed by atoms with Crippen molar-refractivity contribution in [2.24, 2.45) is 0 Å². The summed E-state index contributed by atoms with van der Waals surface area (Å²) in [6, 6.07) is 0. The molecule has 2 heterocycles. The molecule has 0 aromatic carbocycles. The average molecular weight is 295 g/mol. The van der Waals surface area contributed by atoms with Crippen LogP contribution in [-0.2, 0) is 0 Å². The summed E-state index contributed by atoms with van der Waals surface area (Å²) in [5, 5.41) is 24.3. The van der Waals surface area contributed by atoms with Gasteiger partial charge in [0.15, 0.2) is 0 Å². The zero-order chi connectivity index (χ0) is 15.5. The standard InChI is InChI=1S/C13H21N5O3/c1-3-14-12-15-9-10(18(20)21)11(16-12)17-7-4-5-13(2,19)6-8-17/h9,19H,3-8H2,1-2H3,(H,14,15,16). The summed E-state index contributed by atoms with van der Waals surface area (Å²) in [6.45, 7) is 5.53. The summed E-state index contributed by atoms with van der Waals surface area (Å²) < 4.78 is 0. The monoisotopic (exact) mass is 295 g/mol. The average Bonchev–Trinajstić information content (AvgIpc) is 2.60. The maximum atomic E-state index is 11.2. The van der Waals surface area contributed by atoms with Gasteiger partial charge in [-0.25, -0.2) is 4.98 Å². The molecule has 2 rings (SSSR count). The van der Waals surface area contributed by atoms with E-state index in [1.807, 2.05) is 11.8 Å². The molecule has 0 saturated carbocycles. The summed E-state index contributed by atoms with van der Waals surface area (Å²) in [7, 11) is 0. The van der Waals surface area contributed by atoms with E-state index >= 15 is 0 Å². The molecule has 1 fully saturated rings. The molecule has 1 aliphatic heterocycles. The molecule has 1 aliphatic rings. The molecule has 1 atom stereocenters. The number of hydrogen-bond acceptors (Lipinski definition) is 7. The van der Waals surface area contributed by atoms with Crippen LogP contribution < -0.4 is 10.2 Å². The van der Waals surface area contributed by atoms with Crippen molar-refractivity contribution in [1.82, 2.24) is 9.97 Å². The zero-order valence-corrected chi connectivity index (χ0v) is 12.4. The van der Waals surface area contributed by atoms with Crippen molar-refractivity contribution in [2.75, 3.05) is 29.9 Å². The highest BCUT2D eigenvalue weighted by molar-refractivity contribution is 5.59. The largest absolute Gasteiger partial charge is 0.390 e. The third-order valence-electron chi connectivity index (χ3n) is 3.64. The number of aliphatic hydroxyl groups is 1. The maximum absolute atomic E-state index is 11.2. The lowest BCUT2D eigenvalue weighted by Crippen LogP contribution is -2.29. The van der Waals surface area contributed by atoms with Crippen molar-refractivity contribution in [3.8, 4) is 0 Å². The van der Waals surface area contributed by atoms with Crippen LogP contribution in [0.1, 0.15) is 33.1 Å². The normalized spacial score (nSPS) is 22.7. The first-order valence-electron chi connectivity index (χ1n) is 7.15. The van der Waals surface area contributed by atoms with Gasteiger partial charge in [-0.05, 0) is 33.1 Å². The van der Waals surface area contributed by atoms with E-state index in [2.05, 4.69) is 15.3 Å². The summed E-state index contributed by atoms with van der Waals surface area (Å²) >= 11 is 0. The zero-order valence-electron chi connectivity index (χ0n) is 12.4. The second kappa shape index (κ2) is 6.21. The van der Waals surface area contributed by atoms with Gasteiger partial charge in [-0.1, -0.05) is 0 Å². The third-order valence-corrected chi connectivity index (χ3v) is 3.64. The molecule has 1 saturated heterocycles. The van der Waals surface area contributed by atoms with Gasteiger partial charge >= 0.3 is 5.69 Å². The van der Waals surface area contributed by atoms with Gasteiger partial charge in [-0.15, -0.1) is 0 Å². The van der Waals surface area contributed by atoms with E-state index < -0.39 is 10.5 Å². The minimum absolute atomic E-state index is 0.0989. The molecule has 8 nitrogen and oxygen atoms in total. The molecule has 21 heavy (non-hydrogen) atoms. The fourth-order valence-electron chi connectivity index (χ4n) is 2.45. The number of rotatable bonds is 4. The molecule has 0 radical (unpaired) electrons. The summed E-state index contributed by atoms with van der Waals surface area (Å²) in [4.78, 5) is 20.8. The lowest BCUT2D eigenvalue weighted by atomic mass is 9.98. The number of hydrogen-bond donors (Lipinski definition) is 2. The highest BCUT2D eigenvalue weighted by atomic mass is 16.6. The Kier molecular flexibility index (Phi) is 4.56. The second-order valence-corrected chi connectivity index (χ2v) is 5.53. The van der Waals surface area contributed by atoms with Crippen molar-refractivity contribution in [2.45, 2.75) is 38.7 Å². The first kappa shape index (κ1) is 15.4. The minimum atomic E-state index is -0.721. The maximum Gasteiger partial charge on any atom is 0.329 e. The van der Waals surface area contributed by atoms with E-state index in [-0.39, 0.29) is 5.69 Å². The lowest BCUT2D eigenvalue weighted by molar-refractivity contribution is -0.384. The van der Waals surface area contributed by atoms with Crippen LogP contribution in [0, 0.1) is 10.1 Å². The van der Waals surface area contributed by atoms with E-state index in [1.54, 1.807) is 6.92 Å². The number of nitro groups is 1. The van der Waals surface area contributed by atoms with Gasteiger partial charge in [0.25, 0.3) is 0 Å². The fraction of sp³-hybridized carbons (Fsp3) is 0.692. The number of aromatic nitrogens is 2. The van der Waals surface area contributed by atoms with Gasteiger partial charge in [0, 0.05) is 19.6 Å². The Morgan fingerprint density at radius 1 is 1.52 bits per heavy atom. The topological polar surface area (TPSA) is 104 Å². The van der Waals surface area contributed by atoms with E-state index in [0.717, 1.165) is 6.42 Å². The van der Waals surface area contributed by atoms with Gasteiger partial charge in [-0.2, -0.15) is 4.98 Å². The van der Waals surface area contributed by atoms with Crippen LogP contribution in [0.25, 0.3) is 0 Å². The smallest absolute Gasteiger partial charge is 0.329 e. The van der Waals surface area contributed by atoms with Crippen molar-refractivity contribution >= 4 is 17.5 Å². The molecular formula is C13H21N5O3. The molecule has 0 amide bonds. The van der Waals surface area contributed by atoms with Crippen LogP contribution in [0.5, 0.6) is 0 Å². The summed E-state index contributed by atoms with van der Waals surface area (Å²) in [5.41, 5.74) is -0.820.